The van der Waals surface area contributed by atoms with Crippen LogP contribution in [0.1, 0.15) is 16.7 Å². The minimum absolute atomic E-state index is 0.0603. The zero-order chi connectivity index (χ0) is 15.2. The van der Waals surface area contributed by atoms with Gasteiger partial charge in [-0.2, -0.15) is 0 Å². The van der Waals surface area contributed by atoms with Crippen molar-refractivity contribution < 1.29 is 9.66 Å². The first-order valence-electron chi connectivity index (χ1n) is 6.53. The van der Waals surface area contributed by atoms with Crippen LogP contribution in [0.2, 0.25) is 0 Å². The molecule has 2 rings (SSSR count). The van der Waals surface area contributed by atoms with E-state index in [1.807, 2.05) is 19.2 Å². The summed E-state index contributed by atoms with van der Waals surface area (Å²) in [4.78, 5) is 14.5. The Kier molecular flexibility index (Phi) is 4.84. The van der Waals surface area contributed by atoms with Crippen molar-refractivity contribution in [1.82, 2.24) is 10.3 Å². The van der Waals surface area contributed by atoms with E-state index in [1.54, 1.807) is 19.4 Å². The maximum atomic E-state index is 10.8. The maximum Gasteiger partial charge on any atom is 0.270 e. The number of aryl methyl sites for hydroxylation is 1. The fourth-order valence-electron chi connectivity index (χ4n) is 2.03. The highest BCUT2D eigenvalue weighted by molar-refractivity contribution is 5.43. The molecule has 21 heavy (non-hydrogen) atoms. The third-order valence-electron chi connectivity index (χ3n) is 3.25. The second-order valence-electron chi connectivity index (χ2n) is 4.66. The molecule has 0 saturated carbocycles. The number of pyridine rings is 1. The average Bonchev–Trinajstić information content (AvgIpc) is 2.49. The second kappa shape index (κ2) is 6.81. The number of ether oxygens (including phenoxy) is 1. The molecule has 0 aliphatic carbocycles. The number of hydrogen-bond donors (Lipinski definition) is 1. The number of nitro groups is 1. The second-order valence-corrected chi connectivity index (χ2v) is 4.66. The SMILES string of the molecule is COc1ccc([N+](=O)[O-])cc1CNCc1cnccc1C. The molecule has 6 nitrogen and oxygen atoms in total. The molecule has 1 N–H and O–H groups in total. The van der Waals surface area contributed by atoms with E-state index in [-0.39, 0.29) is 5.69 Å². The topological polar surface area (TPSA) is 77.3 Å². The zero-order valence-corrected chi connectivity index (χ0v) is 12.0. The van der Waals surface area contributed by atoms with Crippen LogP contribution in [0.3, 0.4) is 0 Å². The molecule has 6 heteroatoms. The van der Waals surface area contributed by atoms with Crippen LogP contribution in [0.4, 0.5) is 5.69 Å². The lowest BCUT2D eigenvalue weighted by molar-refractivity contribution is -0.384. The first-order valence-corrected chi connectivity index (χ1v) is 6.53. The third kappa shape index (κ3) is 3.76. The average molecular weight is 287 g/mol. The van der Waals surface area contributed by atoms with E-state index in [0.29, 0.717) is 18.8 Å². The van der Waals surface area contributed by atoms with Crippen molar-refractivity contribution in [3.63, 3.8) is 0 Å². The summed E-state index contributed by atoms with van der Waals surface area (Å²) in [7, 11) is 1.55. The van der Waals surface area contributed by atoms with Crippen molar-refractivity contribution in [3.05, 3.63) is 63.5 Å². The highest BCUT2D eigenvalue weighted by Gasteiger charge is 2.11. The molecular weight excluding hydrogens is 270 g/mol. The van der Waals surface area contributed by atoms with Gasteiger partial charge in [0.15, 0.2) is 0 Å². The van der Waals surface area contributed by atoms with E-state index in [1.165, 1.54) is 12.1 Å². The van der Waals surface area contributed by atoms with Crippen LogP contribution in [0.25, 0.3) is 0 Å². The molecule has 0 amide bonds. The van der Waals surface area contributed by atoms with Gasteiger partial charge in [0.2, 0.25) is 0 Å². The van der Waals surface area contributed by atoms with E-state index >= 15 is 0 Å². The first-order chi connectivity index (χ1) is 10.1. The van der Waals surface area contributed by atoms with E-state index in [4.69, 9.17) is 4.74 Å². The molecule has 1 aromatic carbocycles. The van der Waals surface area contributed by atoms with Crippen molar-refractivity contribution in [2.24, 2.45) is 0 Å². The standard InChI is InChI=1S/C15H17N3O3/c1-11-5-6-16-9-13(11)10-17-8-12-7-14(18(19)20)3-4-15(12)21-2/h3-7,9,17H,8,10H2,1-2H3. The Hall–Kier alpha value is -2.47. The smallest absolute Gasteiger partial charge is 0.270 e. The normalized spacial score (nSPS) is 10.4. The quantitative estimate of drug-likeness (QED) is 0.652. The molecule has 0 aliphatic rings. The number of benzene rings is 1. The van der Waals surface area contributed by atoms with Gasteiger partial charge in [0, 0.05) is 43.2 Å². The number of aromatic nitrogens is 1. The Bertz CT molecular complexity index is 644. The van der Waals surface area contributed by atoms with Crippen LogP contribution in [0.5, 0.6) is 5.75 Å². The largest absolute Gasteiger partial charge is 0.496 e. The lowest BCUT2D eigenvalue weighted by Gasteiger charge is -2.10. The van der Waals surface area contributed by atoms with Crippen LogP contribution in [-0.4, -0.2) is 17.0 Å². The number of methoxy groups -OCH3 is 1. The summed E-state index contributed by atoms with van der Waals surface area (Å²) < 4.78 is 5.23. The van der Waals surface area contributed by atoms with Crippen LogP contribution < -0.4 is 10.1 Å². The van der Waals surface area contributed by atoms with Crippen molar-refractivity contribution in [2.45, 2.75) is 20.0 Å². The van der Waals surface area contributed by atoms with Crippen LogP contribution in [-0.2, 0) is 13.1 Å². The number of nitrogens with one attached hydrogen (secondary N) is 1. The van der Waals surface area contributed by atoms with E-state index in [9.17, 15) is 10.1 Å². The van der Waals surface area contributed by atoms with Crippen LogP contribution in [0, 0.1) is 17.0 Å². The lowest BCUT2D eigenvalue weighted by atomic mass is 10.1. The fraction of sp³-hybridized carbons (Fsp3) is 0.267. The number of nitrogens with zero attached hydrogens (tertiary/aromatic N) is 2. The molecule has 1 heterocycles. The van der Waals surface area contributed by atoms with Gasteiger partial charge in [0.25, 0.3) is 5.69 Å². The predicted molar refractivity (Wildman–Crippen MR) is 79.2 cm³/mol. The third-order valence-corrected chi connectivity index (χ3v) is 3.25. The minimum atomic E-state index is -0.409. The van der Waals surface area contributed by atoms with Crippen molar-refractivity contribution in [2.75, 3.05) is 7.11 Å². The number of rotatable bonds is 6. The summed E-state index contributed by atoms with van der Waals surface area (Å²) >= 11 is 0. The van der Waals surface area contributed by atoms with Crippen molar-refractivity contribution in [1.29, 1.82) is 0 Å². The molecule has 0 saturated heterocycles. The molecule has 0 bridgehead atoms. The van der Waals surface area contributed by atoms with Gasteiger partial charge >= 0.3 is 0 Å². The predicted octanol–water partition coefficient (Wildman–Crippen LogP) is 2.60. The summed E-state index contributed by atoms with van der Waals surface area (Å²) in [6.07, 6.45) is 3.56. The summed E-state index contributed by atoms with van der Waals surface area (Å²) in [5, 5.41) is 14.1. The first kappa shape index (κ1) is 14.9. The molecule has 0 spiro atoms. The Morgan fingerprint density at radius 2 is 2.05 bits per heavy atom. The molecule has 0 atom stereocenters. The van der Waals surface area contributed by atoms with E-state index in [2.05, 4.69) is 10.3 Å². The van der Waals surface area contributed by atoms with Crippen LogP contribution in [0.15, 0.2) is 36.7 Å². The number of non-ortho nitro benzene ring substituents is 1. The molecule has 0 radical (unpaired) electrons. The summed E-state index contributed by atoms with van der Waals surface area (Å²) in [5.74, 6) is 0.635. The monoisotopic (exact) mass is 287 g/mol. The molecule has 1 aromatic heterocycles. The Labute approximate surface area is 122 Å². The van der Waals surface area contributed by atoms with Gasteiger partial charge in [-0.15, -0.1) is 0 Å². The summed E-state index contributed by atoms with van der Waals surface area (Å²) in [6, 6.07) is 6.53. The highest BCUT2D eigenvalue weighted by Crippen LogP contribution is 2.23. The molecule has 0 aliphatic heterocycles. The maximum absolute atomic E-state index is 10.8. The molecule has 2 aromatic rings. The van der Waals surface area contributed by atoms with Gasteiger partial charge < -0.3 is 10.1 Å². The van der Waals surface area contributed by atoms with Gasteiger partial charge in [-0.25, -0.2) is 0 Å². The summed E-state index contributed by atoms with van der Waals surface area (Å²) in [5.41, 5.74) is 3.07. The van der Waals surface area contributed by atoms with Gasteiger partial charge in [0.1, 0.15) is 5.75 Å². The fourth-order valence-corrected chi connectivity index (χ4v) is 2.03. The van der Waals surface area contributed by atoms with Gasteiger partial charge in [-0.1, -0.05) is 0 Å². The molecule has 110 valence electrons. The number of hydrogen-bond acceptors (Lipinski definition) is 5. The molecule has 0 unspecified atom stereocenters. The van der Waals surface area contributed by atoms with Crippen molar-refractivity contribution in [3.8, 4) is 5.75 Å². The number of nitro benzene ring substituents is 1. The lowest BCUT2D eigenvalue weighted by Crippen LogP contribution is -2.14. The molecular formula is C15H17N3O3. The van der Waals surface area contributed by atoms with Crippen molar-refractivity contribution >= 4 is 5.69 Å². The van der Waals surface area contributed by atoms with E-state index in [0.717, 1.165) is 16.7 Å². The Morgan fingerprint density at radius 1 is 1.29 bits per heavy atom. The van der Waals surface area contributed by atoms with Gasteiger partial charge in [-0.3, -0.25) is 15.1 Å². The zero-order valence-electron chi connectivity index (χ0n) is 12.0. The molecule has 0 fully saturated rings. The Balaban J connectivity index is 2.07. The van der Waals surface area contributed by atoms with E-state index < -0.39 is 4.92 Å². The van der Waals surface area contributed by atoms with Crippen LogP contribution >= 0.6 is 0 Å². The highest BCUT2D eigenvalue weighted by atomic mass is 16.6. The van der Waals surface area contributed by atoms with Gasteiger partial charge in [-0.05, 0) is 30.2 Å². The Morgan fingerprint density at radius 3 is 2.71 bits per heavy atom. The summed E-state index contributed by atoms with van der Waals surface area (Å²) in [6.45, 7) is 3.15. The minimum Gasteiger partial charge on any atom is -0.496 e. The van der Waals surface area contributed by atoms with Gasteiger partial charge in [0.05, 0.1) is 12.0 Å².